The number of rotatable bonds is 7. The van der Waals surface area contributed by atoms with E-state index in [9.17, 15) is 19.7 Å². The predicted octanol–water partition coefficient (Wildman–Crippen LogP) is 2.26. The maximum Gasteiger partial charge on any atom is 0.491 e. The van der Waals surface area contributed by atoms with E-state index in [1.807, 2.05) is 0 Å². The lowest BCUT2D eigenvalue weighted by Gasteiger charge is -2.12. The van der Waals surface area contributed by atoms with Gasteiger partial charge in [-0.25, -0.2) is 9.48 Å². The van der Waals surface area contributed by atoms with Gasteiger partial charge in [-0.15, -0.1) is 11.3 Å². The SMILES string of the molecule is CCOC(=O)c1c(NC(=O)c2ccn(Cn3cnc([N+](=O)[O-])n3)n2)sc2c1CCCC2. The van der Waals surface area contributed by atoms with Crippen LogP contribution in [0.2, 0.25) is 0 Å². The Morgan fingerprint density at radius 1 is 1.29 bits per heavy atom. The number of nitrogens with one attached hydrogen (secondary N) is 1. The number of amides is 1. The summed E-state index contributed by atoms with van der Waals surface area (Å²) in [6, 6.07) is 1.51. The molecule has 0 aliphatic heterocycles. The molecule has 0 unspecified atom stereocenters. The molecule has 3 aromatic rings. The van der Waals surface area contributed by atoms with E-state index in [4.69, 9.17) is 4.74 Å². The molecule has 3 aromatic heterocycles. The minimum absolute atomic E-state index is 0.0511. The van der Waals surface area contributed by atoms with Gasteiger partial charge in [-0.05, 0) is 49.2 Å². The molecule has 0 spiro atoms. The van der Waals surface area contributed by atoms with E-state index in [0.717, 1.165) is 36.1 Å². The van der Waals surface area contributed by atoms with Crippen LogP contribution in [0.1, 0.15) is 51.1 Å². The van der Waals surface area contributed by atoms with Crippen molar-refractivity contribution in [1.29, 1.82) is 0 Å². The van der Waals surface area contributed by atoms with Gasteiger partial charge in [0.05, 0.1) is 12.2 Å². The highest BCUT2D eigenvalue weighted by Crippen LogP contribution is 2.38. The molecular formula is C18H19N7O5S. The Morgan fingerprint density at radius 3 is 2.84 bits per heavy atom. The summed E-state index contributed by atoms with van der Waals surface area (Å²) in [5.74, 6) is -1.42. The van der Waals surface area contributed by atoms with E-state index in [0.29, 0.717) is 10.6 Å². The molecule has 13 heteroatoms. The number of nitro groups is 1. The molecule has 12 nitrogen and oxygen atoms in total. The second kappa shape index (κ2) is 8.63. The number of carbonyl (C=O) groups is 2. The first-order valence-corrected chi connectivity index (χ1v) is 10.5. The average molecular weight is 445 g/mol. The van der Waals surface area contributed by atoms with E-state index in [-0.39, 0.29) is 19.0 Å². The van der Waals surface area contributed by atoms with Gasteiger partial charge in [0.2, 0.25) is 6.33 Å². The van der Waals surface area contributed by atoms with E-state index in [1.54, 1.807) is 13.1 Å². The van der Waals surface area contributed by atoms with E-state index >= 15 is 0 Å². The summed E-state index contributed by atoms with van der Waals surface area (Å²) < 4.78 is 7.84. The van der Waals surface area contributed by atoms with Gasteiger partial charge >= 0.3 is 11.9 Å². The zero-order chi connectivity index (χ0) is 22.0. The second-order valence-corrected chi connectivity index (χ2v) is 7.92. The van der Waals surface area contributed by atoms with Gasteiger partial charge in [-0.2, -0.15) is 9.78 Å². The number of thiophene rings is 1. The fourth-order valence-electron chi connectivity index (χ4n) is 3.39. The summed E-state index contributed by atoms with van der Waals surface area (Å²) in [6.07, 6.45) is 6.47. The van der Waals surface area contributed by atoms with Gasteiger partial charge in [0.25, 0.3) is 5.91 Å². The standard InChI is InChI=1S/C18H19N7O5S/c1-2-30-17(27)14-11-5-3-4-6-13(11)31-16(14)20-15(26)12-7-8-23(21-12)10-24-9-19-18(22-24)25(28)29/h7-9H,2-6,10H2,1H3,(H,20,26). The van der Waals surface area contributed by atoms with Gasteiger partial charge in [0.1, 0.15) is 5.00 Å². The van der Waals surface area contributed by atoms with Crippen LogP contribution in [0.4, 0.5) is 10.9 Å². The summed E-state index contributed by atoms with van der Waals surface area (Å²) >= 11 is 1.40. The lowest BCUT2D eigenvalue weighted by atomic mass is 9.95. The largest absolute Gasteiger partial charge is 0.491 e. The van der Waals surface area contributed by atoms with Crippen LogP contribution in [-0.4, -0.2) is 48.0 Å². The van der Waals surface area contributed by atoms with Gasteiger partial charge in [0.15, 0.2) is 12.4 Å². The van der Waals surface area contributed by atoms with Crippen molar-refractivity contribution < 1.29 is 19.2 Å². The van der Waals surface area contributed by atoms with Crippen LogP contribution in [0.3, 0.4) is 0 Å². The smallest absolute Gasteiger partial charge is 0.462 e. The number of nitrogens with zero attached hydrogens (tertiary/aromatic N) is 6. The average Bonchev–Trinajstić information content (AvgIpc) is 3.46. The highest BCUT2D eigenvalue weighted by molar-refractivity contribution is 7.17. The number of aryl methyl sites for hydroxylation is 1. The fraction of sp³-hybridized carbons (Fsp3) is 0.389. The number of hydrogen-bond donors (Lipinski definition) is 1. The lowest BCUT2D eigenvalue weighted by molar-refractivity contribution is -0.394. The molecule has 0 radical (unpaired) electrons. The second-order valence-electron chi connectivity index (χ2n) is 6.81. The molecule has 1 N–H and O–H groups in total. The van der Waals surface area contributed by atoms with Crippen molar-refractivity contribution in [3.63, 3.8) is 0 Å². The first-order valence-electron chi connectivity index (χ1n) is 9.66. The molecule has 1 amide bonds. The van der Waals surface area contributed by atoms with Crippen molar-refractivity contribution in [3.8, 4) is 0 Å². The Bertz CT molecular complexity index is 1150. The molecule has 0 saturated heterocycles. The van der Waals surface area contributed by atoms with E-state index in [1.165, 1.54) is 33.1 Å². The number of aromatic nitrogens is 5. The quantitative estimate of drug-likeness (QED) is 0.331. The Balaban J connectivity index is 1.51. The number of fused-ring (bicyclic) bond motifs is 1. The van der Waals surface area contributed by atoms with Crippen molar-refractivity contribution in [2.24, 2.45) is 0 Å². The summed E-state index contributed by atoms with van der Waals surface area (Å²) in [5.41, 5.74) is 1.53. The summed E-state index contributed by atoms with van der Waals surface area (Å²) in [7, 11) is 0. The molecule has 0 aromatic carbocycles. The Labute approximate surface area is 180 Å². The molecule has 0 bridgehead atoms. The molecule has 31 heavy (non-hydrogen) atoms. The third kappa shape index (κ3) is 4.30. The first kappa shape index (κ1) is 20.7. The number of ether oxygens (including phenoxy) is 1. The molecule has 3 heterocycles. The van der Waals surface area contributed by atoms with E-state index in [2.05, 4.69) is 20.5 Å². The lowest BCUT2D eigenvalue weighted by Crippen LogP contribution is -2.17. The zero-order valence-corrected chi connectivity index (χ0v) is 17.4. The molecule has 1 aliphatic rings. The van der Waals surface area contributed by atoms with Crippen molar-refractivity contribution in [2.45, 2.75) is 39.3 Å². The van der Waals surface area contributed by atoms with Crippen LogP contribution in [0.5, 0.6) is 0 Å². The van der Waals surface area contributed by atoms with Gasteiger partial charge in [-0.3, -0.25) is 4.79 Å². The molecule has 0 fully saturated rings. The van der Waals surface area contributed by atoms with Crippen LogP contribution in [0.25, 0.3) is 0 Å². The van der Waals surface area contributed by atoms with Crippen molar-refractivity contribution in [1.82, 2.24) is 24.5 Å². The van der Waals surface area contributed by atoms with Crippen LogP contribution >= 0.6 is 11.3 Å². The van der Waals surface area contributed by atoms with Crippen LogP contribution in [0, 0.1) is 10.1 Å². The molecule has 0 saturated carbocycles. The Kier molecular flexibility index (Phi) is 5.75. The van der Waals surface area contributed by atoms with Crippen molar-refractivity contribution in [3.05, 3.63) is 50.4 Å². The van der Waals surface area contributed by atoms with Crippen molar-refractivity contribution >= 4 is 34.2 Å². The normalized spacial score (nSPS) is 12.9. The molecule has 162 valence electrons. The maximum absolute atomic E-state index is 12.8. The number of hydrogen-bond acceptors (Lipinski definition) is 9. The molecule has 0 atom stereocenters. The van der Waals surface area contributed by atoms with Gasteiger partial charge in [0, 0.05) is 16.2 Å². The van der Waals surface area contributed by atoms with Crippen LogP contribution < -0.4 is 5.32 Å². The number of anilines is 1. The number of carbonyl (C=O) groups excluding carboxylic acids is 2. The van der Waals surface area contributed by atoms with Crippen LogP contribution in [-0.2, 0) is 24.2 Å². The molecular weight excluding hydrogens is 426 g/mol. The minimum Gasteiger partial charge on any atom is -0.462 e. The predicted molar refractivity (Wildman–Crippen MR) is 109 cm³/mol. The van der Waals surface area contributed by atoms with Gasteiger partial charge in [-0.1, -0.05) is 4.98 Å². The third-order valence-corrected chi connectivity index (χ3v) is 5.94. The zero-order valence-electron chi connectivity index (χ0n) is 16.6. The minimum atomic E-state index is -0.694. The Hall–Kier alpha value is -3.61. The summed E-state index contributed by atoms with van der Waals surface area (Å²) in [5, 5.41) is 21.8. The molecule has 4 rings (SSSR count). The van der Waals surface area contributed by atoms with Gasteiger partial charge < -0.3 is 20.2 Å². The Morgan fingerprint density at radius 2 is 2.10 bits per heavy atom. The third-order valence-electron chi connectivity index (χ3n) is 4.73. The first-order chi connectivity index (χ1) is 15.0. The van der Waals surface area contributed by atoms with Crippen LogP contribution in [0.15, 0.2) is 18.6 Å². The van der Waals surface area contributed by atoms with Crippen molar-refractivity contribution in [2.75, 3.05) is 11.9 Å². The summed E-state index contributed by atoms with van der Waals surface area (Å²) in [4.78, 5) is 39.9. The van der Waals surface area contributed by atoms with E-state index < -0.39 is 22.7 Å². The monoisotopic (exact) mass is 445 g/mol. The maximum atomic E-state index is 12.8. The highest BCUT2D eigenvalue weighted by atomic mass is 32.1. The topological polar surface area (TPSA) is 147 Å². The molecule has 1 aliphatic carbocycles. The fourth-order valence-corrected chi connectivity index (χ4v) is 4.66. The summed E-state index contributed by atoms with van der Waals surface area (Å²) in [6.45, 7) is 2.04. The highest BCUT2D eigenvalue weighted by Gasteiger charge is 2.27. The number of esters is 1.